The minimum atomic E-state index is -0.781. The van der Waals surface area contributed by atoms with Gasteiger partial charge in [-0.2, -0.15) is 0 Å². The van der Waals surface area contributed by atoms with Crippen LogP contribution < -0.4 is 0 Å². The van der Waals surface area contributed by atoms with E-state index < -0.39 is 6.10 Å². The van der Waals surface area contributed by atoms with Gasteiger partial charge >= 0.3 is 17.9 Å². The highest BCUT2D eigenvalue weighted by Gasteiger charge is 2.19. The van der Waals surface area contributed by atoms with Crippen LogP contribution in [0.4, 0.5) is 0 Å². The highest BCUT2D eigenvalue weighted by Crippen LogP contribution is 2.17. The van der Waals surface area contributed by atoms with Crippen molar-refractivity contribution in [1.29, 1.82) is 0 Å². The van der Waals surface area contributed by atoms with Gasteiger partial charge in [-0.05, 0) is 109 Å². The van der Waals surface area contributed by atoms with Crippen LogP contribution in [0.5, 0.6) is 0 Å². The molecule has 6 nitrogen and oxygen atoms in total. The highest BCUT2D eigenvalue weighted by molar-refractivity contribution is 5.71. The predicted molar refractivity (Wildman–Crippen MR) is 321 cm³/mol. The molecule has 74 heavy (non-hydrogen) atoms. The minimum absolute atomic E-state index is 0.0783. The van der Waals surface area contributed by atoms with E-state index in [0.717, 1.165) is 103 Å². The Hall–Kier alpha value is -3.15. The van der Waals surface area contributed by atoms with Gasteiger partial charge in [0.15, 0.2) is 6.10 Å². The zero-order chi connectivity index (χ0) is 53.6. The van der Waals surface area contributed by atoms with E-state index in [9.17, 15) is 14.4 Å². The standard InChI is InChI=1S/C68H120O6/c1-4-7-10-13-16-19-22-25-27-28-29-30-31-32-33-34-35-36-37-38-39-40-42-43-46-49-52-55-58-61-67(70)73-64-65(63-72-66(69)60-57-54-51-48-45-24-21-18-15-12-9-6-3)74-68(71)62-59-56-53-50-47-44-41-26-23-20-17-14-11-8-5-2/h7,10,16,18-19,21,25-27,29-30,41,65H,4-6,8-9,11-15,17,20,22-24,28,31-40,42-64H2,1-3H3/b10-7-,19-16-,21-18-,27-25-,30-29-,41-26-. The maximum absolute atomic E-state index is 12.9. The molecule has 428 valence electrons. The SMILES string of the molecule is CC/C=C\C/C=C\C/C=C\C/C=C\CCCCCCCCCCCCCCCCCCC(=O)OCC(COC(=O)CCCCCCC/C=C\CCCCC)OC(=O)CCCCCCC/C=C\CCCCCCCC. The first-order valence-corrected chi connectivity index (χ1v) is 31.9. The second-order valence-electron chi connectivity index (χ2n) is 21.3. The lowest BCUT2D eigenvalue weighted by molar-refractivity contribution is -0.167. The molecule has 0 aliphatic carbocycles. The monoisotopic (exact) mass is 1030 g/mol. The molecule has 1 unspecified atom stereocenters. The highest BCUT2D eigenvalue weighted by atomic mass is 16.6. The summed E-state index contributed by atoms with van der Waals surface area (Å²) >= 11 is 0. The third-order valence-corrected chi connectivity index (χ3v) is 13.9. The number of esters is 3. The minimum Gasteiger partial charge on any atom is -0.462 e. The molecule has 0 heterocycles. The van der Waals surface area contributed by atoms with Gasteiger partial charge in [0.1, 0.15) is 13.2 Å². The number of carbonyl (C=O) groups is 3. The van der Waals surface area contributed by atoms with Crippen molar-refractivity contribution in [3.63, 3.8) is 0 Å². The van der Waals surface area contributed by atoms with Gasteiger partial charge in [-0.1, -0.05) is 267 Å². The molecule has 0 aromatic carbocycles. The summed E-state index contributed by atoms with van der Waals surface area (Å²) in [6, 6.07) is 0. The zero-order valence-corrected chi connectivity index (χ0v) is 49.1. The molecular weight excluding hydrogens is 913 g/mol. The van der Waals surface area contributed by atoms with Gasteiger partial charge in [-0.3, -0.25) is 14.4 Å². The molecular formula is C68H120O6. The Morgan fingerprint density at radius 2 is 0.527 bits per heavy atom. The van der Waals surface area contributed by atoms with Gasteiger partial charge in [-0.25, -0.2) is 0 Å². The fourth-order valence-electron chi connectivity index (χ4n) is 9.13. The van der Waals surface area contributed by atoms with Crippen LogP contribution in [0.2, 0.25) is 0 Å². The average molecular weight is 1030 g/mol. The summed E-state index contributed by atoms with van der Waals surface area (Å²) in [6.45, 7) is 6.52. The first-order valence-electron chi connectivity index (χ1n) is 31.9. The third kappa shape index (κ3) is 59.7. The third-order valence-electron chi connectivity index (χ3n) is 13.9. The van der Waals surface area contributed by atoms with Gasteiger partial charge < -0.3 is 14.2 Å². The van der Waals surface area contributed by atoms with Crippen molar-refractivity contribution in [1.82, 2.24) is 0 Å². The molecule has 0 aliphatic heterocycles. The molecule has 1 atom stereocenters. The summed E-state index contributed by atoms with van der Waals surface area (Å²) in [7, 11) is 0. The number of hydrogen-bond donors (Lipinski definition) is 0. The number of hydrogen-bond acceptors (Lipinski definition) is 6. The molecule has 0 saturated carbocycles. The van der Waals surface area contributed by atoms with Crippen LogP contribution in [-0.2, 0) is 28.6 Å². The van der Waals surface area contributed by atoms with E-state index in [1.54, 1.807) is 0 Å². The number of unbranched alkanes of at least 4 members (excludes halogenated alkanes) is 35. The molecule has 0 spiro atoms. The van der Waals surface area contributed by atoms with Crippen LogP contribution in [0.15, 0.2) is 72.9 Å². The molecule has 0 rings (SSSR count). The lowest BCUT2D eigenvalue weighted by Gasteiger charge is -2.18. The Kier molecular flexibility index (Phi) is 59.7. The molecule has 0 fully saturated rings. The van der Waals surface area contributed by atoms with Crippen LogP contribution in [-0.4, -0.2) is 37.2 Å². The first-order chi connectivity index (χ1) is 36.5. The number of carbonyl (C=O) groups excluding carboxylic acids is 3. The second-order valence-corrected chi connectivity index (χ2v) is 21.3. The average Bonchev–Trinajstić information content (AvgIpc) is 3.40. The largest absolute Gasteiger partial charge is 0.462 e. The van der Waals surface area contributed by atoms with E-state index in [1.807, 2.05) is 0 Å². The van der Waals surface area contributed by atoms with E-state index in [4.69, 9.17) is 14.2 Å². The second kappa shape index (κ2) is 62.4. The van der Waals surface area contributed by atoms with E-state index in [0.29, 0.717) is 19.3 Å². The van der Waals surface area contributed by atoms with Gasteiger partial charge in [0.2, 0.25) is 0 Å². The molecule has 6 heteroatoms. The molecule has 0 radical (unpaired) electrons. The van der Waals surface area contributed by atoms with Crippen LogP contribution >= 0.6 is 0 Å². The van der Waals surface area contributed by atoms with E-state index >= 15 is 0 Å². The molecule has 0 aromatic rings. The zero-order valence-electron chi connectivity index (χ0n) is 49.1. The Labute approximate surface area is 459 Å². The summed E-state index contributed by atoms with van der Waals surface area (Å²) in [5.74, 6) is -0.883. The van der Waals surface area contributed by atoms with Gasteiger partial charge in [0.05, 0.1) is 0 Å². The van der Waals surface area contributed by atoms with Crippen LogP contribution in [0.3, 0.4) is 0 Å². The summed E-state index contributed by atoms with van der Waals surface area (Å²) in [5.41, 5.74) is 0. The van der Waals surface area contributed by atoms with Gasteiger partial charge in [0, 0.05) is 19.3 Å². The molecule has 0 amide bonds. The maximum Gasteiger partial charge on any atom is 0.306 e. The quantitative estimate of drug-likeness (QED) is 0.0261. The molecule has 0 saturated heterocycles. The van der Waals surface area contributed by atoms with Crippen molar-refractivity contribution >= 4 is 17.9 Å². The summed E-state index contributed by atoms with van der Waals surface area (Å²) in [5, 5.41) is 0. The van der Waals surface area contributed by atoms with E-state index in [2.05, 4.69) is 93.7 Å². The summed E-state index contributed by atoms with van der Waals surface area (Å²) in [4.78, 5) is 38.2. The van der Waals surface area contributed by atoms with Crippen molar-refractivity contribution in [2.24, 2.45) is 0 Å². The molecule has 0 aliphatic rings. The molecule has 0 N–H and O–H groups in total. The van der Waals surface area contributed by atoms with Crippen molar-refractivity contribution < 1.29 is 28.6 Å². The molecule has 0 aromatic heterocycles. The fourth-order valence-corrected chi connectivity index (χ4v) is 9.13. The van der Waals surface area contributed by atoms with E-state index in [-0.39, 0.29) is 31.1 Å². The lowest BCUT2D eigenvalue weighted by atomic mass is 10.0. The summed E-state index contributed by atoms with van der Waals surface area (Å²) < 4.78 is 16.9. The first kappa shape index (κ1) is 70.8. The topological polar surface area (TPSA) is 78.9 Å². The van der Waals surface area contributed by atoms with Crippen LogP contribution in [0.1, 0.15) is 323 Å². The smallest absolute Gasteiger partial charge is 0.306 e. The predicted octanol–water partition coefficient (Wildman–Crippen LogP) is 21.7. The molecule has 0 bridgehead atoms. The Morgan fingerprint density at radius 3 is 0.865 bits per heavy atom. The lowest BCUT2D eigenvalue weighted by Crippen LogP contribution is -2.30. The van der Waals surface area contributed by atoms with Crippen molar-refractivity contribution in [3.05, 3.63) is 72.9 Å². The van der Waals surface area contributed by atoms with Gasteiger partial charge in [0.25, 0.3) is 0 Å². The Morgan fingerprint density at radius 1 is 0.284 bits per heavy atom. The normalized spacial score (nSPS) is 12.5. The van der Waals surface area contributed by atoms with Gasteiger partial charge in [-0.15, -0.1) is 0 Å². The fraction of sp³-hybridized carbons (Fsp3) is 0.779. The number of allylic oxidation sites excluding steroid dienone is 12. The number of ether oxygens (including phenoxy) is 3. The Balaban J connectivity index is 4.19. The van der Waals surface area contributed by atoms with Crippen LogP contribution in [0.25, 0.3) is 0 Å². The van der Waals surface area contributed by atoms with Crippen molar-refractivity contribution in [2.45, 2.75) is 329 Å². The summed E-state index contributed by atoms with van der Waals surface area (Å²) in [6.07, 6.45) is 80.6. The maximum atomic E-state index is 12.9. The van der Waals surface area contributed by atoms with Crippen molar-refractivity contribution in [2.75, 3.05) is 13.2 Å². The Bertz CT molecular complexity index is 1370. The van der Waals surface area contributed by atoms with Crippen molar-refractivity contribution in [3.8, 4) is 0 Å². The number of rotatable bonds is 58. The van der Waals surface area contributed by atoms with Crippen LogP contribution in [0, 0.1) is 0 Å². The van der Waals surface area contributed by atoms with E-state index in [1.165, 1.54) is 180 Å².